The quantitative estimate of drug-likeness (QED) is 0.388. The topological polar surface area (TPSA) is 118 Å². The maximum atomic E-state index is 11.9. The van der Waals surface area contributed by atoms with E-state index in [1.54, 1.807) is 31.2 Å². The smallest absolute Gasteiger partial charge is 0.411 e. The minimum Gasteiger partial charge on any atom is -0.411 e. The Morgan fingerprint density at radius 1 is 1.38 bits per heavy atom. The molecule has 0 aliphatic heterocycles. The van der Waals surface area contributed by atoms with Crippen LogP contribution >= 0.6 is 0 Å². The zero-order valence-electron chi connectivity index (χ0n) is 10.9. The van der Waals surface area contributed by atoms with Crippen LogP contribution in [0.4, 0.5) is 11.6 Å². The van der Waals surface area contributed by atoms with Gasteiger partial charge in [-0.2, -0.15) is 0 Å². The van der Waals surface area contributed by atoms with Gasteiger partial charge >= 0.3 is 5.88 Å². The van der Waals surface area contributed by atoms with Crippen LogP contribution in [0.5, 0.6) is 0 Å². The Bertz CT molecular complexity index is 720. The summed E-state index contributed by atoms with van der Waals surface area (Å²) >= 11 is 0. The van der Waals surface area contributed by atoms with E-state index < -0.39 is 16.7 Å². The Hall–Kier alpha value is -3.16. The Labute approximate surface area is 118 Å². The van der Waals surface area contributed by atoms with Gasteiger partial charge in [0.05, 0.1) is 11.8 Å². The number of furan rings is 1. The molecule has 0 bridgehead atoms. The third kappa shape index (κ3) is 3.24. The molecule has 1 heterocycles. The molecule has 8 heteroatoms. The number of nitro groups is 1. The SMILES string of the molecule is C/C(=N\O)c1cccc(NC(=O)c2ccc([N+](=O)[O-])o2)c1. The monoisotopic (exact) mass is 289 g/mol. The van der Waals surface area contributed by atoms with Crippen molar-refractivity contribution >= 4 is 23.2 Å². The Morgan fingerprint density at radius 3 is 2.76 bits per heavy atom. The van der Waals surface area contributed by atoms with Crippen LogP contribution in [0.2, 0.25) is 0 Å². The number of nitrogens with one attached hydrogen (secondary N) is 1. The zero-order valence-corrected chi connectivity index (χ0v) is 10.9. The minimum atomic E-state index is -0.724. The fraction of sp³-hybridized carbons (Fsp3) is 0.0769. The maximum absolute atomic E-state index is 11.9. The van der Waals surface area contributed by atoms with Crippen molar-refractivity contribution in [3.05, 3.63) is 57.8 Å². The third-order valence-electron chi connectivity index (χ3n) is 2.68. The predicted molar refractivity (Wildman–Crippen MR) is 73.8 cm³/mol. The maximum Gasteiger partial charge on any atom is 0.433 e. The van der Waals surface area contributed by atoms with Gasteiger partial charge in [-0.3, -0.25) is 14.9 Å². The average Bonchev–Trinajstić information content (AvgIpc) is 2.97. The highest BCUT2D eigenvalue weighted by molar-refractivity contribution is 6.04. The number of oxime groups is 1. The van der Waals surface area contributed by atoms with Crippen LogP contribution in [0.25, 0.3) is 0 Å². The number of amides is 1. The van der Waals surface area contributed by atoms with E-state index >= 15 is 0 Å². The average molecular weight is 289 g/mol. The summed E-state index contributed by atoms with van der Waals surface area (Å²) < 4.78 is 4.80. The number of benzene rings is 1. The molecule has 0 aliphatic carbocycles. The molecule has 8 nitrogen and oxygen atoms in total. The first-order chi connectivity index (χ1) is 10.0. The molecule has 1 amide bonds. The van der Waals surface area contributed by atoms with Crippen molar-refractivity contribution in [3.63, 3.8) is 0 Å². The Balaban J connectivity index is 2.17. The first-order valence-corrected chi connectivity index (χ1v) is 5.86. The molecule has 21 heavy (non-hydrogen) atoms. The first kappa shape index (κ1) is 14.3. The van der Waals surface area contributed by atoms with Crippen molar-refractivity contribution in [2.45, 2.75) is 6.92 Å². The third-order valence-corrected chi connectivity index (χ3v) is 2.68. The molecule has 108 valence electrons. The molecule has 0 saturated heterocycles. The van der Waals surface area contributed by atoms with Crippen LogP contribution in [0, 0.1) is 10.1 Å². The number of carbonyl (C=O) groups excluding carboxylic acids is 1. The molecular weight excluding hydrogens is 278 g/mol. The summed E-state index contributed by atoms with van der Waals surface area (Å²) in [5.74, 6) is -1.28. The molecule has 0 saturated carbocycles. The van der Waals surface area contributed by atoms with E-state index in [1.165, 1.54) is 6.07 Å². The molecule has 0 unspecified atom stereocenters. The summed E-state index contributed by atoms with van der Waals surface area (Å²) in [4.78, 5) is 21.7. The fourth-order valence-electron chi connectivity index (χ4n) is 1.62. The Kier molecular flexibility index (Phi) is 3.98. The highest BCUT2D eigenvalue weighted by Gasteiger charge is 2.17. The lowest BCUT2D eigenvalue weighted by molar-refractivity contribution is -0.402. The van der Waals surface area contributed by atoms with Crippen LogP contribution in [0.15, 0.2) is 46.0 Å². The van der Waals surface area contributed by atoms with Gasteiger partial charge in [-0.15, -0.1) is 0 Å². The second-order valence-electron chi connectivity index (χ2n) is 4.12. The van der Waals surface area contributed by atoms with Gasteiger partial charge in [0.1, 0.15) is 4.92 Å². The number of carbonyl (C=O) groups is 1. The second-order valence-corrected chi connectivity index (χ2v) is 4.12. The first-order valence-electron chi connectivity index (χ1n) is 5.86. The molecule has 0 radical (unpaired) electrons. The highest BCUT2D eigenvalue weighted by Crippen LogP contribution is 2.18. The van der Waals surface area contributed by atoms with Crippen molar-refractivity contribution in [1.82, 2.24) is 0 Å². The largest absolute Gasteiger partial charge is 0.433 e. The van der Waals surface area contributed by atoms with Crippen LogP contribution < -0.4 is 5.32 Å². The molecule has 0 atom stereocenters. The van der Waals surface area contributed by atoms with Crippen molar-refractivity contribution < 1.29 is 19.3 Å². The molecule has 0 aliphatic rings. The van der Waals surface area contributed by atoms with Crippen molar-refractivity contribution in [2.75, 3.05) is 5.32 Å². The van der Waals surface area contributed by atoms with E-state index in [4.69, 9.17) is 9.62 Å². The van der Waals surface area contributed by atoms with Gasteiger partial charge in [0.15, 0.2) is 5.76 Å². The second kappa shape index (κ2) is 5.87. The number of nitrogens with zero attached hydrogens (tertiary/aromatic N) is 2. The van der Waals surface area contributed by atoms with Gasteiger partial charge < -0.3 is 14.9 Å². The summed E-state index contributed by atoms with van der Waals surface area (Å²) in [7, 11) is 0. The molecule has 0 spiro atoms. The van der Waals surface area contributed by atoms with E-state index in [2.05, 4.69) is 10.5 Å². The lowest BCUT2D eigenvalue weighted by atomic mass is 10.1. The standard InChI is InChI=1S/C13H11N3O5/c1-8(15-18)9-3-2-4-10(7-9)14-13(17)11-5-6-12(21-11)16(19)20/h2-7,18H,1H3,(H,14,17)/b15-8+. The molecule has 1 aromatic carbocycles. The molecular formula is C13H11N3O5. The van der Waals surface area contributed by atoms with Crippen molar-refractivity contribution in [1.29, 1.82) is 0 Å². The van der Waals surface area contributed by atoms with Crippen LogP contribution in [0.1, 0.15) is 23.0 Å². The number of anilines is 1. The van der Waals surface area contributed by atoms with E-state index in [1.807, 2.05) is 0 Å². The summed E-state index contributed by atoms with van der Waals surface area (Å²) in [6.45, 7) is 1.61. The Morgan fingerprint density at radius 2 is 2.14 bits per heavy atom. The lowest BCUT2D eigenvalue weighted by Gasteiger charge is -2.05. The summed E-state index contributed by atoms with van der Waals surface area (Å²) in [5.41, 5.74) is 1.46. The normalized spacial score (nSPS) is 11.2. The molecule has 2 rings (SSSR count). The van der Waals surface area contributed by atoms with E-state index in [0.29, 0.717) is 17.0 Å². The summed E-state index contributed by atoms with van der Waals surface area (Å²) in [6, 6.07) is 8.94. The van der Waals surface area contributed by atoms with E-state index in [0.717, 1.165) is 6.07 Å². The summed E-state index contributed by atoms with van der Waals surface area (Å²) in [6.07, 6.45) is 0. The van der Waals surface area contributed by atoms with E-state index in [9.17, 15) is 14.9 Å². The molecule has 0 fully saturated rings. The fourth-order valence-corrected chi connectivity index (χ4v) is 1.62. The molecule has 1 aromatic heterocycles. The number of hydrogen-bond donors (Lipinski definition) is 2. The van der Waals surface area contributed by atoms with Crippen molar-refractivity contribution in [2.24, 2.45) is 5.16 Å². The van der Waals surface area contributed by atoms with Gasteiger partial charge in [0.25, 0.3) is 5.91 Å². The lowest BCUT2D eigenvalue weighted by Crippen LogP contribution is -2.11. The van der Waals surface area contributed by atoms with Crippen LogP contribution in [-0.4, -0.2) is 21.7 Å². The van der Waals surface area contributed by atoms with Gasteiger partial charge in [-0.1, -0.05) is 17.3 Å². The van der Waals surface area contributed by atoms with Crippen LogP contribution in [0.3, 0.4) is 0 Å². The summed E-state index contributed by atoms with van der Waals surface area (Å²) in [5, 5.41) is 24.8. The highest BCUT2D eigenvalue weighted by atomic mass is 16.6. The van der Waals surface area contributed by atoms with Gasteiger partial charge in [-0.05, 0) is 25.1 Å². The molecule has 2 N–H and O–H groups in total. The van der Waals surface area contributed by atoms with Crippen molar-refractivity contribution in [3.8, 4) is 0 Å². The van der Waals surface area contributed by atoms with Crippen LogP contribution in [-0.2, 0) is 0 Å². The van der Waals surface area contributed by atoms with Gasteiger partial charge in [-0.25, -0.2) is 0 Å². The minimum absolute atomic E-state index is 0.167. The van der Waals surface area contributed by atoms with Gasteiger partial charge in [0, 0.05) is 11.3 Å². The number of hydrogen-bond acceptors (Lipinski definition) is 6. The van der Waals surface area contributed by atoms with Gasteiger partial charge in [0.2, 0.25) is 0 Å². The number of rotatable bonds is 4. The zero-order chi connectivity index (χ0) is 15.4. The predicted octanol–water partition coefficient (Wildman–Crippen LogP) is 2.64. The van der Waals surface area contributed by atoms with E-state index in [-0.39, 0.29) is 5.76 Å². The molecule has 2 aromatic rings.